The number of nitrogens with zero attached hydrogens (tertiary/aromatic N) is 1. The summed E-state index contributed by atoms with van der Waals surface area (Å²) < 4.78 is 5.03. The van der Waals surface area contributed by atoms with Gasteiger partial charge in [0.1, 0.15) is 11.8 Å². The van der Waals surface area contributed by atoms with Crippen LogP contribution in [0.2, 0.25) is 0 Å². The first kappa shape index (κ1) is 9.60. The molecular formula is C11H12NO. The van der Waals surface area contributed by atoms with Crippen molar-refractivity contribution in [3.63, 3.8) is 0 Å². The second kappa shape index (κ2) is 3.95. The van der Waals surface area contributed by atoms with Crippen LogP contribution in [0.5, 0.6) is 5.75 Å². The molecule has 0 N–H and O–H groups in total. The van der Waals surface area contributed by atoms with E-state index in [1.54, 1.807) is 13.2 Å². The van der Waals surface area contributed by atoms with E-state index in [1.807, 2.05) is 19.1 Å². The average molecular weight is 174 g/mol. The monoisotopic (exact) mass is 174 g/mol. The van der Waals surface area contributed by atoms with Crippen molar-refractivity contribution < 1.29 is 4.74 Å². The summed E-state index contributed by atoms with van der Waals surface area (Å²) in [5.74, 6) is 0.810. The van der Waals surface area contributed by atoms with E-state index >= 15 is 0 Å². The number of hydrogen-bond donors (Lipinski definition) is 0. The number of hydrogen-bond acceptors (Lipinski definition) is 2. The van der Waals surface area contributed by atoms with Crippen molar-refractivity contribution in [3.8, 4) is 11.8 Å². The molecule has 1 rings (SSSR count). The Morgan fingerprint density at radius 3 is 2.69 bits per heavy atom. The fraction of sp³-hybridized carbons (Fsp3) is 0.273. The van der Waals surface area contributed by atoms with E-state index in [0.29, 0.717) is 11.3 Å². The predicted octanol–water partition coefficient (Wildman–Crippen LogP) is 2.50. The number of nitriles is 1. The molecule has 1 aromatic rings. The van der Waals surface area contributed by atoms with Gasteiger partial charge in [-0.05, 0) is 30.5 Å². The molecule has 1 unspecified atom stereocenters. The molecule has 13 heavy (non-hydrogen) atoms. The van der Waals surface area contributed by atoms with Crippen LogP contribution in [0.1, 0.15) is 24.0 Å². The minimum Gasteiger partial charge on any atom is -0.495 e. The standard InChI is InChI=1S/C11H12NO/c1-8(2)9-4-5-11(13-3)10(6-9)7-12/h4-6,8H,1H2,2-3H3. The van der Waals surface area contributed by atoms with Crippen LogP contribution in [0.3, 0.4) is 0 Å². The molecule has 0 bridgehead atoms. The predicted molar refractivity (Wildman–Crippen MR) is 51.5 cm³/mol. The van der Waals surface area contributed by atoms with Crippen molar-refractivity contribution >= 4 is 0 Å². The van der Waals surface area contributed by atoms with E-state index in [2.05, 4.69) is 13.0 Å². The molecule has 2 heteroatoms. The van der Waals surface area contributed by atoms with Crippen LogP contribution in [-0.2, 0) is 0 Å². The van der Waals surface area contributed by atoms with Gasteiger partial charge in [-0.3, -0.25) is 0 Å². The number of benzene rings is 1. The third kappa shape index (κ3) is 2.00. The first-order chi connectivity index (χ1) is 6.19. The van der Waals surface area contributed by atoms with E-state index in [1.165, 1.54) is 0 Å². The Kier molecular flexibility index (Phi) is 2.92. The molecule has 0 spiro atoms. The van der Waals surface area contributed by atoms with Gasteiger partial charge in [-0.1, -0.05) is 13.0 Å². The van der Waals surface area contributed by atoms with E-state index in [4.69, 9.17) is 10.00 Å². The van der Waals surface area contributed by atoms with Crippen molar-refractivity contribution in [2.45, 2.75) is 12.8 Å². The first-order valence-electron chi connectivity index (χ1n) is 4.10. The molecule has 0 aromatic heterocycles. The highest BCUT2D eigenvalue weighted by molar-refractivity contribution is 5.46. The maximum absolute atomic E-state index is 8.81. The van der Waals surface area contributed by atoms with Crippen LogP contribution >= 0.6 is 0 Å². The van der Waals surface area contributed by atoms with Gasteiger partial charge in [-0.25, -0.2) is 0 Å². The average Bonchev–Trinajstić information content (AvgIpc) is 2.16. The lowest BCUT2D eigenvalue weighted by atomic mass is 10.0. The van der Waals surface area contributed by atoms with Gasteiger partial charge in [0, 0.05) is 0 Å². The van der Waals surface area contributed by atoms with Gasteiger partial charge in [0.2, 0.25) is 0 Å². The van der Waals surface area contributed by atoms with Gasteiger partial charge < -0.3 is 4.74 Å². The Morgan fingerprint density at radius 2 is 2.23 bits per heavy atom. The third-order valence-corrected chi connectivity index (χ3v) is 1.91. The summed E-state index contributed by atoms with van der Waals surface area (Å²) in [6, 6.07) is 7.63. The summed E-state index contributed by atoms with van der Waals surface area (Å²) in [6.45, 7) is 5.88. The largest absolute Gasteiger partial charge is 0.495 e. The molecule has 0 fully saturated rings. The Hall–Kier alpha value is -1.49. The lowest BCUT2D eigenvalue weighted by Crippen LogP contribution is -1.92. The molecule has 1 aromatic carbocycles. The van der Waals surface area contributed by atoms with Crippen molar-refractivity contribution in [1.82, 2.24) is 0 Å². The molecule has 67 valence electrons. The zero-order valence-electron chi connectivity index (χ0n) is 7.87. The van der Waals surface area contributed by atoms with Crippen LogP contribution < -0.4 is 4.74 Å². The fourth-order valence-corrected chi connectivity index (χ4v) is 1.12. The summed E-state index contributed by atoms with van der Waals surface area (Å²) in [6.07, 6.45) is 0. The van der Waals surface area contributed by atoms with Gasteiger partial charge in [-0.2, -0.15) is 5.26 Å². The zero-order valence-corrected chi connectivity index (χ0v) is 7.87. The van der Waals surface area contributed by atoms with E-state index in [9.17, 15) is 0 Å². The highest BCUT2D eigenvalue weighted by Gasteiger charge is 2.05. The normalized spacial score (nSPS) is 9.77. The summed E-state index contributed by atoms with van der Waals surface area (Å²) in [4.78, 5) is 0. The van der Waals surface area contributed by atoms with Crippen molar-refractivity contribution in [3.05, 3.63) is 36.2 Å². The van der Waals surface area contributed by atoms with Crippen LogP contribution in [-0.4, -0.2) is 7.11 Å². The van der Waals surface area contributed by atoms with Gasteiger partial charge in [0.05, 0.1) is 12.7 Å². The van der Waals surface area contributed by atoms with Crippen LogP contribution in [0, 0.1) is 18.3 Å². The molecule has 0 aliphatic carbocycles. The Balaban J connectivity index is 3.15. The lowest BCUT2D eigenvalue weighted by Gasteiger charge is -2.07. The van der Waals surface area contributed by atoms with Crippen LogP contribution in [0.15, 0.2) is 18.2 Å². The van der Waals surface area contributed by atoms with Gasteiger partial charge in [0.25, 0.3) is 0 Å². The van der Waals surface area contributed by atoms with Gasteiger partial charge in [-0.15, -0.1) is 0 Å². The van der Waals surface area contributed by atoms with E-state index in [-0.39, 0.29) is 5.92 Å². The molecule has 0 saturated heterocycles. The summed E-state index contributed by atoms with van der Waals surface area (Å²) in [7, 11) is 1.56. The van der Waals surface area contributed by atoms with Crippen molar-refractivity contribution in [2.24, 2.45) is 0 Å². The smallest absolute Gasteiger partial charge is 0.136 e. The Bertz CT molecular complexity index is 336. The summed E-state index contributed by atoms with van der Waals surface area (Å²) >= 11 is 0. The Morgan fingerprint density at radius 1 is 1.54 bits per heavy atom. The molecule has 0 saturated carbocycles. The molecule has 0 aliphatic heterocycles. The maximum atomic E-state index is 8.81. The highest BCUT2D eigenvalue weighted by atomic mass is 16.5. The quantitative estimate of drug-likeness (QED) is 0.690. The minimum absolute atomic E-state index is 0.193. The second-order valence-corrected chi connectivity index (χ2v) is 2.97. The first-order valence-corrected chi connectivity index (χ1v) is 4.10. The van der Waals surface area contributed by atoms with Gasteiger partial charge >= 0.3 is 0 Å². The zero-order chi connectivity index (χ0) is 9.84. The number of ether oxygens (including phenoxy) is 1. The molecule has 0 heterocycles. The van der Waals surface area contributed by atoms with E-state index in [0.717, 1.165) is 5.56 Å². The minimum atomic E-state index is 0.193. The van der Waals surface area contributed by atoms with Crippen LogP contribution in [0.4, 0.5) is 0 Å². The molecule has 1 atom stereocenters. The van der Waals surface area contributed by atoms with Crippen LogP contribution in [0.25, 0.3) is 0 Å². The van der Waals surface area contributed by atoms with Crippen molar-refractivity contribution in [2.75, 3.05) is 7.11 Å². The number of rotatable bonds is 2. The number of methoxy groups -OCH3 is 1. The topological polar surface area (TPSA) is 33.0 Å². The third-order valence-electron chi connectivity index (χ3n) is 1.91. The molecule has 1 radical (unpaired) electrons. The maximum Gasteiger partial charge on any atom is 0.136 e. The van der Waals surface area contributed by atoms with Crippen molar-refractivity contribution in [1.29, 1.82) is 5.26 Å². The lowest BCUT2D eigenvalue weighted by molar-refractivity contribution is 0.413. The van der Waals surface area contributed by atoms with E-state index < -0.39 is 0 Å². The molecule has 2 nitrogen and oxygen atoms in total. The fourth-order valence-electron chi connectivity index (χ4n) is 1.12. The summed E-state index contributed by atoms with van der Waals surface area (Å²) in [5, 5.41) is 8.81. The summed E-state index contributed by atoms with van der Waals surface area (Å²) in [5.41, 5.74) is 1.62. The molecular weight excluding hydrogens is 162 g/mol. The highest BCUT2D eigenvalue weighted by Crippen LogP contribution is 2.22. The van der Waals surface area contributed by atoms with Gasteiger partial charge in [0.15, 0.2) is 0 Å². The molecule has 0 amide bonds. The Labute approximate surface area is 78.8 Å². The SMILES string of the molecule is [CH2]C(C)c1ccc(OC)c(C#N)c1. The second-order valence-electron chi connectivity index (χ2n) is 2.97. The molecule has 0 aliphatic rings.